The van der Waals surface area contributed by atoms with E-state index >= 15 is 0 Å². The van der Waals surface area contributed by atoms with Gasteiger partial charge in [0.25, 0.3) is 5.91 Å². The number of carbonyl (C=O) groups excluding carboxylic acids is 1. The Hall–Kier alpha value is -3.65. The molecule has 1 heterocycles. The fourth-order valence-electron chi connectivity index (χ4n) is 4.68. The monoisotopic (exact) mass is 548 g/mol. The molecule has 0 aliphatic heterocycles. The number of amidine groups is 1. The van der Waals surface area contributed by atoms with Crippen LogP contribution in [0.2, 0.25) is 0 Å². The first-order valence-electron chi connectivity index (χ1n) is 14.7. The normalized spacial score (nSPS) is 10.9. The van der Waals surface area contributed by atoms with E-state index in [2.05, 4.69) is 17.7 Å². The number of hydrogen-bond acceptors (Lipinski definition) is 6. The Morgan fingerprint density at radius 3 is 2.08 bits per heavy atom. The predicted molar refractivity (Wildman–Crippen MR) is 162 cm³/mol. The second-order valence-corrected chi connectivity index (χ2v) is 10.2. The second kappa shape index (κ2) is 17.1. The molecule has 0 saturated carbocycles. The first-order chi connectivity index (χ1) is 19.5. The standard InChI is InChI=1S/C32H44N4O4/c1-2-3-4-5-6-7-8-9-10-11-12-13-14-22-39-25-20-18-24(19-21-25)32(38)35-27-17-15-16-26-28(37)23-29(31(33)36-34)40-30(26)27/h15-21,23H,2-14,22,34H2,1H3,(H2,33,36)(H,35,38). The van der Waals surface area contributed by atoms with Crippen LogP contribution in [0, 0.1) is 5.41 Å². The molecule has 1 amide bonds. The predicted octanol–water partition coefficient (Wildman–Crippen LogP) is 7.30. The fraction of sp³-hybridized carbons (Fsp3) is 0.469. The maximum Gasteiger partial charge on any atom is 0.255 e. The number of para-hydroxylation sites is 1. The zero-order valence-corrected chi connectivity index (χ0v) is 23.7. The van der Waals surface area contributed by atoms with Gasteiger partial charge in [0.05, 0.1) is 17.7 Å². The maximum absolute atomic E-state index is 12.9. The number of hydrogen-bond donors (Lipinski definition) is 4. The van der Waals surface area contributed by atoms with Crippen molar-refractivity contribution in [2.24, 2.45) is 5.84 Å². The molecule has 5 N–H and O–H groups in total. The Kier molecular flexibility index (Phi) is 13.2. The lowest BCUT2D eigenvalue weighted by Gasteiger charge is -2.10. The fourth-order valence-corrected chi connectivity index (χ4v) is 4.68. The summed E-state index contributed by atoms with van der Waals surface area (Å²) in [6.45, 7) is 2.92. The number of carbonyl (C=O) groups is 1. The van der Waals surface area contributed by atoms with Gasteiger partial charge in [0.2, 0.25) is 0 Å². The summed E-state index contributed by atoms with van der Waals surface area (Å²) in [5.41, 5.74) is 2.77. The Balaban J connectivity index is 1.37. The number of benzene rings is 2. The third kappa shape index (κ3) is 9.83. The van der Waals surface area contributed by atoms with E-state index < -0.39 is 0 Å². The van der Waals surface area contributed by atoms with Crippen LogP contribution in [-0.4, -0.2) is 18.3 Å². The number of amides is 1. The molecule has 3 aromatic rings. The van der Waals surface area contributed by atoms with Gasteiger partial charge in [-0.1, -0.05) is 90.0 Å². The van der Waals surface area contributed by atoms with Crippen LogP contribution >= 0.6 is 0 Å². The first-order valence-corrected chi connectivity index (χ1v) is 14.7. The van der Waals surface area contributed by atoms with Gasteiger partial charge in [0.1, 0.15) is 5.75 Å². The Labute approximate surface area is 237 Å². The molecular formula is C32H44N4O4. The number of hydrazine groups is 1. The van der Waals surface area contributed by atoms with Crippen molar-refractivity contribution < 1.29 is 13.9 Å². The van der Waals surface area contributed by atoms with E-state index in [-0.39, 0.29) is 28.5 Å². The van der Waals surface area contributed by atoms with E-state index in [9.17, 15) is 9.59 Å². The van der Waals surface area contributed by atoms with Crippen molar-refractivity contribution in [3.05, 3.63) is 70.1 Å². The highest BCUT2D eigenvalue weighted by Gasteiger charge is 2.14. The molecule has 3 rings (SSSR count). The van der Waals surface area contributed by atoms with Gasteiger partial charge < -0.3 is 19.9 Å². The van der Waals surface area contributed by atoms with Crippen LogP contribution in [0.4, 0.5) is 5.69 Å². The minimum absolute atomic E-state index is 0.0216. The lowest BCUT2D eigenvalue weighted by atomic mass is 10.0. The summed E-state index contributed by atoms with van der Waals surface area (Å²) >= 11 is 0. The van der Waals surface area contributed by atoms with Gasteiger partial charge in [0.15, 0.2) is 22.6 Å². The van der Waals surface area contributed by atoms with E-state index in [1.165, 1.54) is 83.1 Å². The van der Waals surface area contributed by atoms with Gasteiger partial charge in [0, 0.05) is 11.6 Å². The third-order valence-electron chi connectivity index (χ3n) is 7.03. The van der Waals surface area contributed by atoms with Crippen molar-refractivity contribution in [2.75, 3.05) is 11.9 Å². The number of ether oxygens (including phenoxy) is 1. The van der Waals surface area contributed by atoms with Crippen molar-refractivity contribution >= 4 is 28.4 Å². The number of anilines is 1. The van der Waals surface area contributed by atoms with Crippen molar-refractivity contribution in [2.45, 2.75) is 90.4 Å². The average molecular weight is 549 g/mol. The highest BCUT2D eigenvalue weighted by atomic mass is 16.5. The first kappa shape index (κ1) is 30.9. The molecule has 0 radical (unpaired) electrons. The van der Waals surface area contributed by atoms with Gasteiger partial charge in [-0.05, 0) is 42.8 Å². The van der Waals surface area contributed by atoms with Crippen LogP contribution in [0.25, 0.3) is 11.0 Å². The third-order valence-corrected chi connectivity index (χ3v) is 7.03. The molecule has 1 aromatic heterocycles. The Bertz CT molecular complexity index is 1270. The number of nitrogens with two attached hydrogens (primary N) is 1. The number of unbranched alkanes of at least 4 members (excludes halogenated alkanes) is 12. The van der Waals surface area contributed by atoms with Crippen LogP contribution in [0.5, 0.6) is 5.75 Å². The van der Waals surface area contributed by atoms with E-state index in [0.717, 1.165) is 12.2 Å². The topological polar surface area (TPSA) is 130 Å². The van der Waals surface area contributed by atoms with Crippen molar-refractivity contribution in [3.63, 3.8) is 0 Å². The number of nitrogens with one attached hydrogen (secondary N) is 3. The highest BCUT2D eigenvalue weighted by Crippen LogP contribution is 2.23. The smallest absolute Gasteiger partial charge is 0.255 e. The van der Waals surface area contributed by atoms with Crippen LogP contribution < -0.4 is 26.8 Å². The van der Waals surface area contributed by atoms with Crippen LogP contribution in [0.3, 0.4) is 0 Å². The zero-order valence-electron chi connectivity index (χ0n) is 23.7. The summed E-state index contributed by atoms with van der Waals surface area (Å²) in [5.74, 6) is 5.39. The largest absolute Gasteiger partial charge is 0.494 e. The van der Waals surface area contributed by atoms with Crippen LogP contribution in [0.15, 0.2) is 57.7 Å². The maximum atomic E-state index is 12.9. The molecule has 8 nitrogen and oxygen atoms in total. The molecule has 40 heavy (non-hydrogen) atoms. The summed E-state index contributed by atoms with van der Waals surface area (Å²) < 4.78 is 11.6. The second-order valence-electron chi connectivity index (χ2n) is 10.2. The molecule has 0 atom stereocenters. The van der Waals surface area contributed by atoms with Crippen molar-refractivity contribution in [3.8, 4) is 5.75 Å². The van der Waals surface area contributed by atoms with E-state index in [1.807, 2.05) is 0 Å². The summed E-state index contributed by atoms with van der Waals surface area (Å²) in [7, 11) is 0. The molecular weight excluding hydrogens is 504 g/mol. The molecule has 0 aliphatic carbocycles. The molecule has 216 valence electrons. The number of fused-ring (bicyclic) bond motifs is 1. The van der Waals surface area contributed by atoms with Crippen LogP contribution in [-0.2, 0) is 0 Å². The quantitative estimate of drug-likeness (QED) is 0.0434. The molecule has 0 unspecified atom stereocenters. The summed E-state index contributed by atoms with van der Waals surface area (Å²) in [6, 6.07) is 13.1. The summed E-state index contributed by atoms with van der Waals surface area (Å²) in [5, 5.41) is 10.9. The van der Waals surface area contributed by atoms with Crippen molar-refractivity contribution in [1.82, 2.24) is 5.43 Å². The van der Waals surface area contributed by atoms with Gasteiger partial charge in [-0.15, -0.1) is 0 Å². The van der Waals surface area contributed by atoms with Crippen LogP contribution in [0.1, 0.15) is 107 Å². The summed E-state index contributed by atoms with van der Waals surface area (Å²) in [6.07, 6.45) is 17.1. The number of rotatable bonds is 18. The minimum Gasteiger partial charge on any atom is -0.494 e. The minimum atomic E-state index is -0.351. The molecule has 0 saturated heterocycles. The van der Waals surface area contributed by atoms with Gasteiger partial charge >= 0.3 is 0 Å². The molecule has 0 bridgehead atoms. The lowest BCUT2D eigenvalue weighted by Crippen LogP contribution is -2.30. The van der Waals surface area contributed by atoms with E-state index in [0.29, 0.717) is 23.2 Å². The average Bonchev–Trinajstić information content (AvgIpc) is 2.97. The SMILES string of the molecule is CCCCCCCCCCCCCCCOc1ccc(C(=O)Nc2cccc3c(=O)cc(C(=N)NN)oc23)cc1. The highest BCUT2D eigenvalue weighted by molar-refractivity contribution is 6.08. The lowest BCUT2D eigenvalue weighted by molar-refractivity contribution is 0.102. The molecule has 8 heteroatoms. The van der Waals surface area contributed by atoms with Gasteiger partial charge in [-0.25, -0.2) is 5.84 Å². The molecule has 0 aliphatic rings. The molecule has 2 aromatic carbocycles. The Morgan fingerprint density at radius 1 is 0.875 bits per heavy atom. The van der Waals surface area contributed by atoms with E-state index in [1.54, 1.807) is 42.5 Å². The summed E-state index contributed by atoms with van der Waals surface area (Å²) in [4.78, 5) is 25.3. The molecule has 0 fully saturated rings. The van der Waals surface area contributed by atoms with Gasteiger partial charge in [-0.2, -0.15) is 0 Å². The van der Waals surface area contributed by atoms with Crippen molar-refractivity contribution in [1.29, 1.82) is 5.41 Å². The van der Waals surface area contributed by atoms with Gasteiger partial charge in [-0.3, -0.25) is 15.0 Å². The Morgan fingerprint density at radius 2 is 1.48 bits per heavy atom. The van der Waals surface area contributed by atoms with E-state index in [4.69, 9.17) is 20.4 Å². The molecule has 0 spiro atoms. The zero-order chi connectivity index (χ0) is 28.6.